The number of piperazine rings is 1. The molecule has 1 aromatic carbocycles. The minimum absolute atomic E-state index is 0.0124. The van der Waals surface area contributed by atoms with Crippen LogP contribution in [0.3, 0.4) is 0 Å². The standard InChI is InChI=1S/C21H24F3N3O5S/c1-14-3-5-18(9-15(14)10-20(28)29)33(30,31)26-7-8-27(17(12-26)13-32-2)19-6-4-16(11-25-19)21(22,23)24/h3-6,9,11,17H,7-8,10,12-13H2,1-2H3,(H,28,29). The molecule has 1 N–H and O–H groups in total. The van der Waals surface area contributed by atoms with Crippen LogP contribution in [0, 0.1) is 6.92 Å². The van der Waals surface area contributed by atoms with Gasteiger partial charge in [0.25, 0.3) is 0 Å². The number of halogens is 3. The van der Waals surface area contributed by atoms with Crippen molar-refractivity contribution in [1.29, 1.82) is 0 Å². The maximum Gasteiger partial charge on any atom is 0.417 e. The molecule has 0 amide bonds. The lowest BCUT2D eigenvalue weighted by Crippen LogP contribution is -2.56. The van der Waals surface area contributed by atoms with E-state index in [1.807, 2.05) is 0 Å². The Hall–Kier alpha value is -2.70. The average Bonchev–Trinajstić information content (AvgIpc) is 2.74. The molecule has 0 aliphatic carbocycles. The molecule has 1 aromatic heterocycles. The summed E-state index contributed by atoms with van der Waals surface area (Å²) in [6.07, 6.45) is -4.05. The molecule has 1 unspecified atom stereocenters. The maximum atomic E-state index is 13.3. The van der Waals surface area contributed by atoms with E-state index in [0.717, 1.165) is 12.3 Å². The minimum atomic E-state index is -4.50. The summed E-state index contributed by atoms with van der Waals surface area (Å²) in [6.45, 7) is 2.14. The first kappa shape index (κ1) is 24.9. The molecule has 0 radical (unpaired) electrons. The van der Waals surface area contributed by atoms with E-state index in [1.165, 1.54) is 29.6 Å². The lowest BCUT2D eigenvalue weighted by molar-refractivity contribution is -0.138. The number of aryl methyl sites for hydroxylation is 1. The molecule has 12 heteroatoms. The molecule has 1 fully saturated rings. The number of pyridine rings is 1. The van der Waals surface area contributed by atoms with Gasteiger partial charge in [0.1, 0.15) is 5.82 Å². The van der Waals surface area contributed by atoms with E-state index >= 15 is 0 Å². The molecule has 1 saturated heterocycles. The van der Waals surface area contributed by atoms with Crippen LogP contribution in [0.15, 0.2) is 41.4 Å². The summed E-state index contributed by atoms with van der Waals surface area (Å²) in [6, 6.07) is 6.09. The van der Waals surface area contributed by atoms with Gasteiger partial charge in [-0.2, -0.15) is 17.5 Å². The van der Waals surface area contributed by atoms with Crippen molar-refractivity contribution in [3.63, 3.8) is 0 Å². The van der Waals surface area contributed by atoms with Crippen LogP contribution >= 0.6 is 0 Å². The van der Waals surface area contributed by atoms with Gasteiger partial charge >= 0.3 is 12.1 Å². The zero-order valence-electron chi connectivity index (χ0n) is 18.0. The SMILES string of the molecule is COCC1CN(S(=O)(=O)c2ccc(C)c(CC(=O)O)c2)CCN1c1ccc(C(F)(F)F)cn1. The largest absolute Gasteiger partial charge is 0.481 e. The van der Waals surface area contributed by atoms with Crippen molar-refractivity contribution in [3.05, 3.63) is 53.2 Å². The van der Waals surface area contributed by atoms with E-state index in [2.05, 4.69) is 4.98 Å². The lowest BCUT2D eigenvalue weighted by atomic mass is 10.1. The van der Waals surface area contributed by atoms with Crippen molar-refractivity contribution in [2.45, 2.75) is 30.5 Å². The van der Waals surface area contributed by atoms with Crippen LogP contribution in [-0.4, -0.2) is 68.2 Å². The molecule has 0 bridgehead atoms. The van der Waals surface area contributed by atoms with Crippen molar-refractivity contribution in [1.82, 2.24) is 9.29 Å². The van der Waals surface area contributed by atoms with Gasteiger partial charge in [-0.25, -0.2) is 13.4 Å². The molecular weight excluding hydrogens is 463 g/mol. The van der Waals surface area contributed by atoms with Gasteiger partial charge in [-0.15, -0.1) is 0 Å². The number of sulfonamides is 1. The third kappa shape index (κ3) is 5.63. The first-order chi connectivity index (χ1) is 15.4. The van der Waals surface area contributed by atoms with Gasteiger partial charge in [0.2, 0.25) is 10.0 Å². The average molecular weight is 488 g/mol. The summed E-state index contributed by atoms with van der Waals surface area (Å²) in [7, 11) is -2.48. The molecular formula is C21H24F3N3O5S. The summed E-state index contributed by atoms with van der Waals surface area (Å²) in [5.41, 5.74) is 0.212. The molecule has 8 nitrogen and oxygen atoms in total. The second-order valence-electron chi connectivity index (χ2n) is 7.73. The second kappa shape index (κ2) is 9.65. The number of alkyl halides is 3. The molecule has 1 aliphatic rings. The number of aromatic nitrogens is 1. The quantitative estimate of drug-likeness (QED) is 0.641. The smallest absolute Gasteiger partial charge is 0.417 e. The van der Waals surface area contributed by atoms with Crippen LogP contribution in [0.5, 0.6) is 0 Å². The van der Waals surface area contributed by atoms with Crippen LogP contribution in [0.25, 0.3) is 0 Å². The molecule has 3 rings (SSSR count). The van der Waals surface area contributed by atoms with Crippen LogP contribution < -0.4 is 4.90 Å². The molecule has 33 heavy (non-hydrogen) atoms. The Morgan fingerprint density at radius 3 is 2.55 bits per heavy atom. The van der Waals surface area contributed by atoms with Gasteiger partial charge in [0, 0.05) is 32.9 Å². The normalized spacial score (nSPS) is 17.8. The van der Waals surface area contributed by atoms with E-state index < -0.39 is 33.8 Å². The van der Waals surface area contributed by atoms with E-state index in [9.17, 15) is 26.4 Å². The number of benzene rings is 1. The number of carboxylic acid groups (broad SMARTS) is 1. The summed E-state index contributed by atoms with van der Waals surface area (Å²) < 4.78 is 71.6. The fourth-order valence-electron chi connectivity index (χ4n) is 3.72. The summed E-state index contributed by atoms with van der Waals surface area (Å²) in [5.74, 6) is -0.772. The Morgan fingerprint density at radius 1 is 1.24 bits per heavy atom. The zero-order chi connectivity index (χ0) is 24.4. The van der Waals surface area contributed by atoms with Crippen molar-refractivity contribution in [3.8, 4) is 0 Å². The topological polar surface area (TPSA) is 100 Å². The van der Waals surface area contributed by atoms with E-state index in [1.54, 1.807) is 17.9 Å². The number of carbonyl (C=O) groups is 1. The van der Waals surface area contributed by atoms with Gasteiger partial charge in [0.15, 0.2) is 0 Å². The van der Waals surface area contributed by atoms with Gasteiger partial charge < -0.3 is 14.7 Å². The Morgan fingerprint density at radius 2 is 1.97 bits per heavy atom. The maximum absolute atomic E-state index is 13.3. The van der Waals surface area contributed by atoms with Crippen molar-refractivity contribution in [2.75, 3.05) is 38.3 Å². The first-order valence-electron chi connectivity index (χ1n) is 10.0. The Labute approximate surface area is 189 Å². The van der Waals surface area contributed by atoms with Gasteiger partial charge in [-0.05, 0) is 42.3 Å². The van der Waals surface area contributed by atoms with Crippen LogP contribution in [0.2, 0.25) is 0 Å². The van der Waals surface area contributed by atoms with Gasteiger partial charge in [-0.3, -0.25) is 4.79 Å². The van der Waals surface area contributed by atoms with Crippen molar-refractivity contribution >= 4 is 21.8 Å². The number of hydrogen-bond donors (Lipinski definition) is 1. The highest BCUT2D eigenvalue weighted by molar-refractivity contribution is 7.89. The number of carboxylic acids is 1. The number of anilines is 1. The van der Waals surface area contributed by atoms with Crippen molar-refractivity contribution in [2.24, 2.45) is 0 Å². The van der Waals surface area contributed by atoms with E-state index in [0.29, 0.717) is 16.9 Å². The van der Waals surface area contributed by atoms with Gasteiger partial charge in [0.05, 0.1) is 29.5 Å². The third-order valence-electron chi connectivity index (χ3n) is 5.47. The Bertz CT molecular complexity index is 1110. The van der Waals surface area contributed by atoms with E-state index in [4.69, 9.17) is 9.84 Å². The highest BCUT2D eigenvalue weighted by Gasteiger charge is 2.36. The summed E-state index contributed by atoms with van der Waals surface area (Å²) in [4.78, 5) is 16.7. The van der Waals surface area contributed by atoms with Crippen LogP contribution in [-0.2, 0) is 32.2 Å². The van der Waals surface area contributed by atoms with Crippen LogP contribution in [0.1, 0.15) is 16.7 Å². The highest BCUT2D eigenvalue weighted by Crippen LogP contribution is 2.30. The predicted molar refractivity (Wildman–Crippen MR) is 114 cm³/mol. The number of hydrogen-bond acceptors (Lipinski definition) is 6. The second-order valence-corrected chi connectivity index (χ2v) is 9.67. The minimum Gasteiger partial charge on any atom is -0.481 e. The molecule has 0 spiro atoms. The molecule has 0 saturated carbocycles. The number of methoxy groups -OCH3 is 1. The fraction of sp³-hybridized carbons (Fsp3) is 0.429. The molecule has 180 valence electrons. The Balaban J connectivity index is 1.84. The predicted octanol–water partition coefficient (Wildman–Crippen LogP) is 2.56. The van der Waals surface area contributed by atoms with E-state index in [-0.39, 0.29) is 37.6 Å². The Kier molecular flexibility index (Phi) is 7.29. The first-order valence-corrected chi connectivity index (χ1v) is 11.5. The van der Waals surface area contributed by atoms with Gasteiger partial charge in [-0.1, -0.05) is 6.07 Å². The zero-order valence-corrected chi connectivity index (χ0v) is 18.9. The third-order valence-corrected chi connectivity index (χ3v) is 7.34. The number of ether oxygens (including phenoxy) is 1. The lowest BCUT2D eigenvalue weighted by Gasteiger charge is -2.41. The summed E-state index contributed by atoms with van der Waals surface area (Å²) in [5, 5.41) is 9.08. The van der Waals surface area contributed by atoms with Crippen molar-refractivity contribution < 1.29 is 36.2 Å². The fourth-order valence-corrected chi connectivity index (χ4v) is 5.24. The van der Waals surface area contributed by atoms with Crippen LogP contribution in [0.4, 0.5) is 19.0 Å². The number of nitrogens with zero attached hydrogens (tertiary/aromatic N) is 3. The molecule has 2 aromatic rings. The summed E-state index contributed by atoms with van der Waals surface area (Å²) >= 11 is 0. The molecule has 2 heterocycles. The number of aliphatic carboxylic acids is 1. The highest BCUT2D eigenvalue weighted by atomic mass is 32.2. The molecule has 1 aliphatic heterocycles. The molecule has 1 atom stereocenters. The monoisotopic (exact) mass is 487 g/mol. The number of rotatable bonds is 7.